The summed E-state index contributed by atoms with van der Waals surface area (Å²) in [5, 5.41) is 0. The van der Waals surface area contributed by atoms with E-state index in [4.69, 9.17) is 0 Å². The summed E-state index contributed by atoms with van der Waals surface area (Å²) in [7, 11) is 0. The van der Waals surface area contributed by atoms with Crippen LogP contribution in [0.3, 0.4) is 0 Å². The fraction of sp³-hybridized carbons (Fsp3) is 0.381. The second-order valence-corrected chi connectivity index (χ2v) is 6.78. The van der Waals surface area contributed by atoms with E-state index in [0.717, 1.165) is 31.7 Å². The first-order chi connectivity index (χ1) is 11.6. The Kier molecular flexibility index (Phi) is 5.19. The minimum absolute atomic E-state index is 0.236. The first-order valence-corrected chi connectivity index (χ1v) is 8.80. The summed E-state index contributed by atoms with van der Waals surface area (Å²) in [6.07, 6.45) is 0.504. The molecule has 0 spiro atoms. The van der Waals surface area contributed by atoms with Crippen molar-refractivity contribution in [3.63, 3.8) is 0 Å². The molecular weight excluding hydrogens is 296 g/mol. The quantitative estimate of drug-likeness (QED) is 0.857. The Labute approximate surface area is 144 Å². The maximum absolute atomic E-state index is 12.5. The van der Waals surface area contributed by atoms with Gasteiger partial charge in [-0.25, -0.2) is 0 Å². The molecule has 3 nitrogen and oxygen atoms in total. The van der Waals surface area contributed by atoms with E-state index in [1.807, 2.05) is 11.0 Å². The van der Waals surface area contributed by atoms with Crippen LogP contribution in [-0.4, -0.2) is 37.0 Å². The van der Waals surface area contributed by atoms with Crippen molar-refractivity contribution in [2.24, 2.45) is 0 Å². The number of piperazine rings is 1. The van der Waals surface area contributed by atoms with E-state index in [9.17, 15) is 4.79 Å². The molecule has 24 heavy (non-hydrogen) atoms. The summed E-state index contributed by atoms with van der Waals surface area (Å²) in [5.41, 5.74) is 3.67. The number of amides is 1. The number of carbonyl (C=O) groups is 1. The lowest BCUT2D eigenvalue weighted by Gasteiger charge is -2.36. The zero-order valence-corrected chi connectivity index (χ0v) is 14.6. The van der Waals surface area contributed by atoms with Crippen LogP contribution >= 0.6 is 0 Å². The summed E-state index contributed by atoms with van der Waals surface area (Å²) in [4.78, 5) is 16.9. The van der Waals surface area contributed by atoms with Crippen LogP contribution in [0.2, 0.25) is 0 Å². The first kappa shape index (κ1) is 16.6. The molecule has 1 heterocycles. The number of anilines is 1. The second-order valence-electron chi connectivity index (χ2n) is 6.78. The molecule has 1 aliphatic heterocycles. The van der Waals surface area contributed by atoms with E-state index in [0.29, 0.717) is 12.3 Å². The van der Waals surface area contributed by atoms with Gasteiger partial charge in [0.15, 0.2) is 0 Å². The highest BCUT2D eigenvalue weighted by Gasteiger charge is 2.21. The number of benzene rings is 2. The Morgan fingerprint density at radius 3 is 2.12 bits per heavy atom. The predicted molar refractivity (Wildman–Crippen MR) is 99.5 cm³/mol. The normalized spacial score (nSPS) is 15.0. The molecule has 0 aliphatic carbocycles. The van der Waals surface area contributed by atoms with Crippen LogP contribution in [0.4, 0.5) is 5.69 Å². The minimum atomic E-state index is 0.236. The smallest absolute Gasteiger partial charge is 0.227 e. The van der Waals surface area contributed by atoms with Gasteiger partial charge in [0.25, 0.3) is 0 Å². The molecular formula is C21H26N2O. The standard InChI is InChI=1S/C21H26N2O/c1-17(2)19-10-8-18(9-11-19)16-21(24)23-14-12-22(13-15-23)20-6-4-3-5-7-20/h3-11,17H,12-16H2,1-2H3. The largest absolute Gasteiger partial charge is 0.368 e. The summed E-state index contributed by atoms with van der Waals surface area (Å²) in [5.74, 6) is 0.765. The van der Waals surface area contributed by atoms with Crippen LogP contribution in [0.5, 0.6) is 0 Å². The number of rotatable bonds is 4. The lowest BCUT2D eigenvalue weighted by atomic mass is 10.0. The van der Waals surface area contributed by atoms with Crippen molar-refractivity contribution in [3.05, 3.63) is 65.7 Å². The van der Waals surface area contributed by atoms with Crippen molar-refractivity contribution in [1.29, 1.82) is 0 Å². The Bertz CT molecular complexity index is 656. The third-order valence-electron chi connectivity index (χ3n) is 4.76. The maximum atomic E-state index is 12.5. The van der Waals surface area contributed by atoms with Crippen LogP contribution in [-0.2, 0) is 11.2 Å². The van der Waals surface area contributed by atoms with Gasteiger partial charge in [-0.2, -0.15) is 0 Å². The highest BCUT2D eigenvalue weighted by molar-refractivity contribution is 5.79. The van der Waals surface area contributed by atoms with E-state index in [-0.39, 0.29) is 5.91 Å². The van der Waals surface area contributed by atoms with Gasteiger partial charge in [-0.3, -0.25) is 4.79 Å². The van der Waals surface area contributed by atoms with Gasteiger partial charge < -0.3 is 9.80 Å². The average Bonchev–Trinajstić information content (AvgIpc) is 2.63. The lowest BCUT2D eigenvalue weighted by Crippen LogP contribution is -2.49. The third kappa shape index (κ3) is 3.97. The average molecular weight is 322 g/mol. The van der Waals surface area contributed by atoms with Gasteiger partial charge in [0.2, 0.25) is 5.91 Å². The number of carbonyl (C=O) groups excluding carboxylic acids is 1. The molecule has 126 valence electrons. The molecule has 0 aromatic heterocycles. The van der Waals surface area contributed by atoms with E-state index in [1.165, 1.54) is 11.3 Å². The first-order valence-electron chi connectivity index (χ1n) is 8.80. The van der Waals surface area contributed by atoms with Gasteiger partial charge in [0.1, 0.15) is 0 Å². The van der Waals surface area contributed by atoms with E-state index < -0.39 is 0 Å². The zero-order valence-electron chi connectivity index (χ0n) is 14.6. The molecule has 2 aromatic rings. The van der Waals surface area contributed by atoms with Crippen LogP contribution < -0.4 is 4.90 Å². The molecule has 1 saturated heterocycles. The molecule has 0 unspecified atom stereocenters. The Hall–Kier alpha value is -2.29. The summed E-state index contributed by atoms with van der Waals surface area (Å²) in [6, 6.07) is 18.9. The molecule has 1 aliphatic rings. The van der Waals surface area contributed by atoms with Crippen LogP contribution in [0.1, 0.15) is 30.9 Å². The van der Waals surface area contributed by atoms with Crippen molar-refractivity contribution < 1.29 is 4.79 Å². The van der Waals surface area contributed by atoms with Crippen molar-refractivity contribution in [2.45, 2.75) is 26.2 Å². The Morgan fingerprint density at radius 2 is 1.54 bits per heavy atom. The molecule has 3 heteroatoms. The molecule has 2 aromatic carbocycles. The van der Waals surface area contributed by atoms with Crippen molar-refractivity contribution in [1.82, 2.24) is 4.90 Å². The second kappa shape index (κ2) is 7.52. The number of hydrogen-bond acceptors (Lipinski definition) is 2. The van der Waals surface area contributed by atoms with E-state index in [1.54, 1.807) is 0 Å². The maximum Gasteiger partial charge on any atom is 0.227 e. The highest BCUT2D eigenvalue weighted by Crippen LogP contribution is 2.17. The summed E-state index contributed by atoms with van der Waals surface area (Å²) >= 11 is 0. The molecule has 0 atom stereocenters. The van der Waals surface area contributed by atoms with Gasteiger partial charge in [-0.05, 0) is 29.2 Å². The monoisotopic (exact) mass is 322 g/mol. The van der Waals surface area contributed by atoms with Gasteiger partial charge in [-0.15, -0.1) is 0 Å². The van der Waals surface area contributed by atoms with Crippen LogP contribution in [0, 0.1) is 0 Å². The molecule has 0 N–H and O–H groups in total. The lowest BCUT2D eigenvalue weighted by molar-refractivity contribution is -0.130. The highest BCUT2D eigenvalue weighted by atomic mass is 16.2. The van der Waals surface area contributed by atoms with Gasteiger partial charge in [0.05, 0.1) is 6.42 Å². The molecule has 0 bridgehead atoms. The summed E-state index contributed by atoms with van der Waals surface area (Å²) in [6.45, 7) is 7.79. The van der Waals surface area contributed by atoms with Gasteiger partial charge in [-0.1, -0.05) is 56.3 Å². The minimum Gasteiger partial charge on any atom is -0.368 e. The third-order valence-corrected chi connectivity index (χ3v) is 4.76. The van der Waals surface area contributed by atoms with Crippen LogP contribution in [0.25, 0.3) is 0 Å². The van der Waals surface area contributed by atoms with Gasteiger partial charge >= 0.3 is 0 Å². The molecule has 3 rings (SSSR count). The van der Waals surface area contributed by atoms with Crippen LogP contribution in [0.15, 0.2) is 54.6 Å². The fourth-order valence-electron chi connectivity index (χ4n) is 3.16. The molecule has 1 amide bonds. The van der Waals surface area contributed by atoms with Crippen molar-refractivity contribution in [2.75, 3.05) is 31.1 Å². The Balaban J connectivity index is 1.53. The summed E-state index contributed by atoms with van der Waals surface area (Å²) < 4.78 is 0. The zero-order chi connectivity index (χ0) is 16.9. The predicted octanol–water partition coefficient (Wildman–Crippen LogP) is 3.70. The number of para-hydroxylation sites is 1. The topological polar surface area (TPSA) is 23.6 Å². The van der Waals surface area contributed by atoms with Crippen molar-refractivity contribution in [3.8, 4) is 0 Å². The molecule has 1 fully saturated rings. The Morgan fingerprint density at radius 1 is 0.917 bits per heavy atom. The fourth-order valence-corrected chi connectivity index (χ4v) is 3.16. The van der Waals surface area contributed by atoms with E-state index >= 15 is 0 Å². The van der Waals surface area contributed by atoms with Crippen molar-refractivity contribution >= 4 is 11.6 Å². The molecule has 0 radical (unpaired) electrons. The SMILES string of the molecule is CC(C)c1ccc(CC(=O)N2CCN(c3ccccc3)CC2)cc1. The van der Waals surface area contributed by atoms with E-state index in [2.05, 4.69) is 67.3 Å². The number of nitrogens with zero attached hydrogens (tertiary/aromatic N) is 2. The van der Waals surface area contributed by atoms with Gasteiger partial charge in [0, 0.05) is 31.9 Å². The molecule has 0 saturated carbocycles. The number of hydrogen-bond donors (Lipinski definition) is 0.